The van der Waals surface area contributed by atoms with E-state index in [0.29, 0.717) is 18.4 Å². The zero-order valence-electron chi connectivity index (χ0n) is 13.5. The van der Waals surface area contributed by atoms with E-state index < -0.39 is 5.60 Å². The number of fused-ring (bicyclic) bond motifs is 4. The van der Waals surface area contributed by atoms with Crippen molar-refractivity contribution in [1.29, 1.82) is 0 Å². The molecule has 2 saturated carbocycles. The SMILES string of the molecule is C[C@H]1C[C@H]2CC[C@H]3OC(=O)[C@H]4[C@@H]1n1c(nc5cccnc51)CO[C@]234. The van der Waals surface area contributed by atoms with E-state index in [2.05, 4.69) is 16.5 Å². The standard InChI is InChI=1S/C18H19N3O3/c1-9-7-10-4-5-12-18(10)14(17(22)24-12)15(9)21-13(8-23-18)20-11-3-2-6-19-16(11)21/h2-3,6,9-10,12,14-15H,4-5,7-8H2,1H3/t9-,10+,12+,14+,15+,18+/m0/s1. The number of aromatic nitrogens is 3. The normalized spacial score (nSPS) is 42.5. The Morgan fingerprint density at radius 1 is 1.38 bits per heavy atom. The Labute approximate surface area is 139 Å². The van der Waals surface area contributed by atoms with Crippen molar-refractivity contribution in [2.75, 3.05) is 0 Å². The molecular formula is C18H19N3O3. The molecule has 0 unspecified atom stereocenters. The van der Waals surface area contributed by atoms with Gasteiger partial charge in [-0.3, -0.25) is 4.79 Å². The van der Waals surface area contributed by atoms with Crippen LogP contribution < -0.4 is 0 Å². The van der Waals surface area contributed by atoms with E-state index in [1.807, 2.05) is 12.1 Å². The number of hydrogen-bond donors (Lipinski definition) is 0. The highest BCUT2D eigenvalue weighted by Gasteiger charge is 2.71. The summed E-state index contributed by atoms with van der Waals surface area (Å²) < 4.78 is 14.5. The summed E-state index contributed by atoms with van der Waals surface area (Å²) in [5, 5.41) is 0. The van der Waals surface area contributed by atoms with Crippen molar-refractivity contribution in [2.45, 2.75) is 50.5 Å². The van der Waals surface area contributed by atoms with Crippen LogP contribution in [0.25, 0.3) is 11.2 Å². The van der Waals surface area contributed by atoms with Crippen molar-refractivity contribution >= 4 is 17.1 Å². The third-order valence-electron chi connectivity index (χ3n) is 6.77. The summed E-state index contributed by atoms with van der Waals surface area (Å²) in [4.78, 5) is 22.1. The molecule has 0 amide bonds. The smallest absolute Gasteiger partial charge is 0.314 e. The van der Waals surface area contributed by atoms with E-state index >= 15 is 0 Å². The number of ether oxygens (including phenoxy) is 2. The number of nitrogens with zero attached hydrogens (tertiary/aromatic N) is 3. The van der Waals surface area contributed by atoms with Gasteiger partial charge in [-0.1, -0.05) is 6.92 Å². The Bertz CT molecular complexity index is 878. The van der Waals surface area contributed by atoms with Crippen LogP contribution in [-0.2, 0) is 20.9 Å². The predicted octanol–water partition coefficient (Wildman–Crippen LogP) is 2.23. The van der Waals surface area contributed by atoms with Crippen LogP contribution in [0.15, 0.2) is 18.3 Å². The summed E-state index contributed by atoms with van der Waals surface area (Å²) >= 11 is 0. The van der Waals surface area contributed by atoms with Gasteiger partial charge < -0.3 is 14.0 Å². The first-order chi connectivity index (χ1) is 11.7. The van der Waals surface area contributed by atoms with Gasteiger partial charge in [0.2, 0.25) is 0 Å². The molecule has 2 aliphatic heterocycles. The van der Waals surface area contributed by atoms with Crippen molar-refractivity contribution in [3.63, 3.8) is 0 Å². The molecule has 2 aromatic rings. The number of imidazole rings is 1. The lowest BCUT2D eigenvalue weighted by Gasteiger charge is -2.46. The fourth-order valence-electron chi connectivity index (χ4n) is 5.98. The number of carbonyl (C=O) groups is 1. The topological polar surface area (TPSA) is 66.2 Å². The van der Waals surface area contributed by atoms with Gasteiger partial charge in [-0.05, 0) is 43.2 Å². The highest BCUT2D eigenvalue weighted by atomic mass is 16.6. The molecule has 6 rings (SSSR count). The second-order valence-electron chi connectivity index (χ2n) is 7.77. The third-order valence-corrected chi connectivity index (χ3v) is 6.77. The van der Waals surface area contributed by atoms with Crippen LogP contribution in [0.2, 0.25) is 0 Å². The minimum Gasteiger partial charge on any atom is -0.459 e. The van der Waals surface area contributed by atoms with E-state index in [-0.39, 0.29) is 24.0 Å². The van der Waals surface area contributed by atoms with Gasteiger partial charge in [-0.25, -0.2) is 9.97 Å². The maximum atomic E-state index is 12.8. The Morgan fingerprint density at radius 2 is 2.29 bits per heavy atom. The van der Waals surface area contributed by atoms with E-state index in [1.54, 1.807) is 6.20 Å². The third kappa shape index (κ3) is 1.33. The highest BCUT2D eigenvalue weighted by Crippen LogP contribution is 2.62. The zero-order valence-corrected chi connectivity index (χ0v) is 13.5. The fourth-order valence-corrected chi connectivity index (χ4v) is 5.98. The second-order valence-corrected chi connectivity index (χ2v) is 7.77. The molecule has 1 saturated heterocycles. The molecule has 6 atom stereocenters. The minimum atomic E-state index is -0.448. The van der Waals surface area contributed by atoms with Crippen molar-refractivity contribution in [1.82, 2.24) is 14.5 Å². The minimum absolute atomic E-state index is 0.0225. The monoisotopic (exact) mass is 325 g/mol. The van der Waals surface area contributed by atoms with Gasteiger partial charge >= 0.3 is 5.97 Å². The van der Waals surface area contributed by atoms with Crippen molar-refractivity contribution in [2.24, 2.45) is 17.8 Å². The Hall–Kier alpha value is -1.95. The molecule has 1 spiro atoms. The first-order valence-electron chi connectivity index (χ1n) is 8.86. The summed E-state index contributed by atoms with van der Waals surface area (Å²) in [7, 11) is 0. The Balaban J connectivity index is 1.65. The number of esters is 1. The molecular weight excluding hydrogens is 306 g/mol. The van der Waals surface area contributed by atoms with Gasteiger partial charge in [0.15, 0.2) is 5.65 Å². The molecule has 0 N–H and O–H groups in total. The maximum absolute atomic E-state index is 12.8. The van der Waals surface area contributed by atoms with Crippen LogP contribution in [0.4, 0.5) is 0 Å². The highest BCUT2D eigenvalue weighted by molar-refractivity contribution is 5.80. The zero-order chi connectivity index (χ0) is 16.1. The number of pyridine rings is 1. The van der Waals surface area contributed by atoms with Crippen LogP contribution in [-0.4, -0.2) is 32.2 Å². The molecule has 2 aromatic heterocycles. The second kappa shape index (κ2) is 4.17. The molecule has 2 aliphatic carbocycles. The van der Waals surface area contributed by atoms with Crippen molar-refractivity contribution < 1.29 is 14.3 Å². The quantitative estimate of drug-likeness (QED) is 0.695. The van der Waals surface area contributed by atoms with Gasteiger partial charge in [0.1, 0.15) is 35.6 Å². The van der Waals surface area contributed by atoms with Gasteiger partial charge in [-0.15, -0.1) is 0 Å². The molecule has 6 heteroatoms. The first-order valence-corrected chi connectivity index (χ1v) is 8.86. The number of rotatable bonds is 0. The molecule has 3 fully saturated rings. The van der Waals surface area contributed by atoms with Crippen LogP contribution in [0.1, 0.15) is 38.1 Å². The number of carbonyl (C=O) groups excluding carboxylic acids is 1. The maximum Gasteiger partial charge on any atom is 0.314 e. The molecule has 0 radical (unpaired) electrons. The summed E-state index contributed by atoms with van der Waals surface area (Å²) in [6, 6.07) is 3.89. The summed E-state index contributed by atoms with van der Waals surface area (Å²) in [6.45, 7) is 2.68. The van der Waals surface area contributed by atoms with E-state index in [4.69, 9.17) is 14.5 Å². The largest absolute Gasteiger partial charge is 0.459 e. The molecule has 124 valence electrons. The molecule has 2 bridgehead atoms. The van der Waals surface area contributed by atoms with Gasteiger partial charge in [0.25, 0.3) is 0 Å². The van der Waals surface area contributed by atoms with E-state index in [9.17, 15) is 4.79 Å². The van der Waals surface area contributed by atoms with Crippen molar-refractivity contribution in [3.05, 3.63) is 24.2 Å². The van der Waals surface area contributed by atoms with Crippen LogP contribution in [0.3, 0.4) is 0 Å². The summed E-state index contributed by atoms with van der Waals surface area (Å²) in [5.41, 5.74) is 1.28. The Kier molecular flexibility index (Phi) is 2.32. The Morgan fingerprint density at radius 3 is 3.21 bits per heavy atom. The van der Waals surface area contributed by atoms with Gasteiger partial charge in [0, 0.05) is 6.20 Å². The molecule has 0 aromatic carbocycles. The number of hydrogen-bond acceptors (Lipinski definition) is 5. The average Bonchev–Trinajstić information content (AvgIpc) is 3.16. The van der Waals surface area contributed by atoms with Crippen LogP contribution in [0, 0.1) is 17.8 Å². The first kappa shape index (κ1) is 13.4. The lowest BCUT2D eigenvalue weighted by molar-refractivity contribution is -0.154. The lowest BCUT2D eigenvalue weighted by Crippen LogP contribution is -2.54. The van der Waals surface area contributed by atoms with Gasteiger partial charge in [0.05, 0.1) is 6.04 Å². The predicted molar refractivity (Wildman–Crippen MR) is 84.0 cm³/mol. The van der Waals surface area contributed by atoms with Crippen molar-refractivity contribution in [3.8, 4) is 0 Å². The molecule has 6 nitrogen and oxygen atoms in total. The molecule has 4 heterocycles. The van der Waals surface area contributed by atoms with Crippen LogP contribution in [0.5, 0.6) is 0 Å². The van der Waals surface area contributed by atoms with Gasteiger partial charge in [-0.2, -0.15) is 0 Å². The lowest BCUT2D eigenvalue weighted by atomic mass is 9.64. The fraction of sp³-hybridized carbons (Fsp3) is 0.611. The molecule has 24 heavy (non-hydrogen) atoms. The summed E-state index contributed by atoms with van der Waals surface area (Å²) in [6.07, 6.45) is 4.79. The van der Waals surface area contributed by atoms with Crippen LogP contribution >= 0.6 is 0 Å². The molecule has 4 aliphatic rings. The average molecular weight is 325 g/mol. The van der Waals surface area contributed by atoms with E-state index in [1.165, 1.54) is 0 Å². The summed E-state index contributed by atoms with van der Waals surface area (Å²) in [5.74, 6) is 1.35. The van der Waals surface area contributed by atoms with E-state index in [0.717, 1.165) is 36.3 Å².